The normalized spacial score (nSPS) is 14.5. The molecule has 0 atom stereocenters. The van der Waals surface area contributed by atoms with E-state index < -0.39 is 0 Å². The average Bonchev–Trinajstić information content (AvgIpc) is 3.14. The predicted molar refractivity (Wildman–Crippen MR) is 70.5 cm³/mol. The third-order valence-electron chi connectivity index (χ3n) is 2.84. The minimum atomic E-state index is -0.214. The van der Waals surface area contributed by atoms with Gasteiger partial charge in [0.1, 0.15) is 5.69 Å². The monoisotopic (exact) mass is 306 g/mol. The van der Waals surface area contributed by atoms with Gasteiger partial charge in [0.05, 0.1) is 22.1 Å². The SMILES string of the molecule is O=C(Nc1cccnc1)c1[nH]nc(C2CC2)c1Br. The number of hydrogen-bond acceptors (Lipinski definition) is 3. The second kappa shape index (κ2) is 4.53. The van der Waals surface area contributed by atoms with Gasteiger partial charge in [-0.2, -0.15) is 5.10 Å². The van der Waals surface area contributed by atoms with Crippen LogP contribution in [0.2, 0.25) is 0 Å². The average molecular weight is 307 g/mol. The first kappa shape index (κ1) is 11.4. The van der Waals surface area contributed by atoms with Gasteiger partial charge in [0.2, 0.25) is 0 Å². The van der Waals surface area contributed by atoms with Gasteiger partial charge in [0.15, 0.2) is 0 Å². The van der Waals surface area contributed by atoms with Gasteiger partial charge >= 0.3 is 0 Å². The summed E-state index contributed by atoms with van der Waals surface area (Å²) < 4.78 is 0.770. The van der Waals surface area contributed by atoms with Crippen molar-refractivity contribution in [3.05, 3.63) is 40.4 Å². The van der Waals surface area contributed by atoms with Crippen molar-refractivity contribution >= 4 is 27.5 Å². The zero-order chi connectivity index (χ0) is 12.5. The Labute approximate surface area is 112 Å². The summed E-state index contributed by atoms with van der Waals surface area (Å²) in [5.41, 5.74) is 2.07. The maximum atomic E-state index is 12.1. The second-order valence-corrected chi connectivity index (χ2v) is 5.06. The molecule has 1 aliphatic rings. The Morgan fingerprint density at radius 3 is 3.00 bits per heavy atom. The lowest BCUT2D eigenvalue weighted by atomic mass is 10.2. The van der Waals surface area contributed by atoms with Crippen LogP contribution in [-0.4, -0.2) is 21.1 Å². The van der Waals surface area contributed by atoms with Crippen LogP contribution in [0.3, 0.4) is 0 Å². The molecule has 0 spiro atoms. The van der Waals surface area contributed by atoms with E-state index in [2.05, 4.69) is 36.4 Å². The molecule has 2 aromatic rings. The minimum absolute atomic E-state index is 0.214. The van der Waals surface area contributed by atoms with Crippen molar-refractivity contribution in [1.29, 1.82) is 0 Å². The van der Waals surface area contributed by atoms with Crippen LogP contribution in [0.4, 0.5) is 5.69 Å². The van der Waals surface area contributed by atoms with E-state index in [1.807, 2.05) is 0 Å². The van der Waals surface area contributed by atoms with Crippen molar-refractivity contribution in [1.82, 2.24) is 15.2 Å². The van der Waals surface area contributed by atoms with E-state index in [9.17, 15) is 4.79 Å². The van der Waals surface area contributed by atoms with Gasteiger partial charge in [0.25, 0.3) is 5.91 Å². The fourth-order valence-electron chi connectivity index (χ4n) is 1.75. The highest BCUT2D eigenvalue weighted by molar-refractivity contribution is 9.10. The van der Waals surface area contributed by atoms with Crippen molar-refractivity contribution in [3.63, 3.8) is 0 Å². The van der Waals surface area contributed by atoms with Crippen LogP contribution >= 0.6 is 15.9 Å². The summed E-state index contributed by atoms with van der Waals surface area (Å²) >= 11 is 3.44. The van der Waals surface area contributed by atoms with Crippen LogP contribution in [0.5, 0.6) is 0 Å². The maximum absolute atomic E-state index is 12.1. The van der Waals surface area contributed by atoms with Crippen LogP contribution in [0.1, 0.15) is 34.9 Å². The zero-order valence-corrected chi connectivity index (χ0v) is 11.1. The minimum Gasteiger partial charge on any atom is -0.319 e. The first-order valence-electron chi connectivity index (χ1n) is 5.71. The maximum Gasteiger partial charge on any atom is 0.274 e. The summed E-state index contributed by atoms with van der Waals surface area (Å²) in [4.78, 5) is 16.0. The van der Waals surface area contributed by atoms with E-state index in [-0.39, 0.29) is 5.91 Å². The third kappa shape index (κ3) is 2.15. The molecule has 0 saturated heterocycles. The molecular formula is C12H11BrN4O. The number of carbonyl (C=O) groups is 1. The highest BCUT2D eigenvalue weighted by Gasteiger charge is 2.30. The summed E-state index contributed by atoms with van der Waals surface area (Å²) in [6.07, 6.45) is 5.55. The number of nitrogens with zero attached hydrogens (tertiary/aromatic N) is 2. The van der Waals surface area contributed by atoms with Crippen LogP contribution in [0.15, 0.2) is 29.0 Å². The van der Waals surface area contributed by atoms with Crippen molar-refractivity contribution in [2.45, 2.75) is 18.8 Å². The Morgan fingerprint density at radius 1 is 1.50 bits per heavy atom. The number of nitrogens with one attached hydrogen (secondary N) is 2. The molecule has 2 aromatic heterocycles. The number of anilines is 1. The Hall–Kier alpha value is -1.69. The first-order valence-corrected chi connectivity index (χ1v) is 6.50. The molecule has 0 unspecified atom stereocenters. The highest BCUT2D eigenvalue weighted by atomic mass is 79.9. The van der Waals surface area contributed by atoms with Crippen molar-refractivity contribution in [2.24, 2.45) is 0 Å². The quantitative estimate of drug-likeness (QED) is 0.916. The van der Waals surface area contributed by atoms with Crippen LogP contribution in [0.25, 0.3) is 0 Å². The molecule has 1 fully saturated rings. The number of aromatic nitrogens is 3. The molecule has 1 aliphatic carbocycles. The number of amides is 1. The molecule has 2 N–H and O–H groups in total. The number of pyridine rings is 1. The van der Waals surface area contributed by atoms with Gasteiger partial charge < -0.3 is 5.32 Å². The van der Waals surface area contributed by atoms with Gasteiger partial charge in [-0.05, 0) is 40.9 Å². The molecule has 3 rings (SSSR count). The van der Waals surface area contributed by atoms with E-state index >= 15 is 0 Å². The Bertz CT molecular complexity index is 577. The van der Waals surface area contributed by atoms with E-state index in [4.69, 9.17) is 0 Å². The molecule has 0 radical (unpaired) electrons. The topological polar surface area (TPSA) is 70.7 Å². The van der Waals surface area contributed by atoms with Gasteiger partial charge in [0, 0.05) is 12.1 Å². The van der Waals surface area contributed by atoms with Gasteiger partial charge in [-0.25, -0.2) is 0 Å². The van der Waals surface area contributed by atoms with E-state index in [1.54, 1.807) is 24.5 Å². The largest absolute Gasteiger partial charge is 0.319 e. The fraction of sp³-hybridized carbons (Fsp3) is 0.250. The molecule has 0 aliphatic heterocycles. The third-order valence-corrected chi connectivity index (χ3v) is 3.65. The van der Waals surface area contributed by atoms with Crippen LogP contribution < -0.4 is 5.32 Å². The first-order chi connectivity index (χ1) is 8.75. The zero-order valence-electron chi connectivity index (χ0n) is 9.48. The number of rotatable bonds is 3. The van der Waals surface area contributed by atoms with Crippen molar-refractivity contribution < 1.29 is 4.79 Å². The summed E-state index contributed by atoms with van der Waals surface area (Å²) in [6, 6.07) is 3.56. The van der Waals surface area contributed by atoms with E-state index in [0.717, 1.165) is 23.0 Å². The standard InChI is InChI=1S/C12H11BrN4O/c13-9-10(7-3-4-7)16-17-11(9)12(18)15-8-2-1-5-14-6-8/h1-2,5-7H,3-4H2,(H,15,18)(H,16,17). The molecule has 1 saturated carbocycles. The number of aromatic amines is 1. The predicted octanol–water partition coefficient (Wildman–Crippen LogP) is 2.70. The number of halogens is 1. The van der Waals surface area contributed by atoms with E-state index in [0.29, 0.717) is 17.3 Å². The number of H-pyrrole nitrogens is 1. The Morgan fingerprint density at radius 2 is 2.33 bits per heavy atom. The molecule has 0 aromatic carbocycles. The number of hydrogen-bond donors (Lipinski definition) is 2. The summed E-state index contributed by atoms with van der Waals surface area (Å²) in [7, 11) is 0. The lowest BCUT2D eigenvalue weighted by molar-refractivity contribution is 0.102. The van der Waals surface area contributed by atoms with Gasteiger partial charge in [-0.1, -0.05) is 0 Å². The Balaban J connectivity index is 1.80. The van der Waals surface area contributed by atoms with Gasteiger partial charge in [-0.15, -0.1) is 0 Å². The van der Waals surface area contributed by atoms with Gasteiger partial charge in [-0.3, -0.25) is 14.9 Å². The highest BCUT2D eigenvalue weighted by Crippen LogP contribution is 2.42. The molecule has 2 heterocycles. The Kier molecular flexibility index (Phi) is 2.87. The molecule has 5 nitrogen and oxygen atoms in total. The molecule has 18 heavy (non-hydrogen) atoms. The van der Waals surface area contributed by atoms with Crippen molar-refractivity contribution in [3.8, 4) is 0 Å². The molecule has 92 valence electrons. The summed E-state index contributed by atoms with van der Waals surface area (Å²) in [6.45, 7) is 0. The van der Waals surface area contributed by atoms with Crippen molar-refractivity contribution in [2.75, 3.05) is 5.32 Å². The fourth-order valence-corrected chi connectivity index (χ4v) is 2.43. The summed E-state index contributed by atoms with van der Waals surface area (Å²) in [5.74, 6) is 0.282. The molecule has 6 heteroatoms. The smallest absolute Gasteiger partial charge is 0.274 e. The van der Waals surface area contributed by atoms with E-state index in [1.165, 1.54) is 0 Å². The lowest BCUT2D eigenvalue weighted by Gasteiger charge is -2.02. The van der Waals surface area contributed by atoms with Crippen LogP contribution in [-0.2, 0) is 0 Å². The molecular weight excluding hydrogens is 296 g/mol. The molecule has 1 amide bonds. The summed E-state index contributed by atoms with van der Waals surface area (Å²) in [5, 5.41) is 9.75. The molecule has 0 bridgehead atoms. The number of carbonyl (C=O) groups excluding carboxylic acids is 1. The second-order valence-electron chi connectivity index (χ2n) is 4.27. The lowest BCUT2D eigenvalue weighted by Crippen LogP contribution is -2.13. The van der Waals surface area contributed by atoms with Crippen LogP contribution in [0, 0.1) is 0 Å².